The number of hydrogen-bond donors (Lipinski definition) is 3. The molecule has 68 valence electrons. The molecule has 0 saturated heterocycles. The van der Waals surface area contributed by atoms with E-state index in [4.69, 9.17) is 10.3 Å². The second kappa shape index (κ2) is 3.37. The topological polar surface area (TPSA) is 74.9 Å². The molecule has 2 aromatic rings. The fraction of sp³-hybridized carbons (Fsp3) is 0.125. The Bertz CT molecular complexity index is 381. The smallest absolute Gasteiger partial charge is 0.137 e. The highest BCUT2D eigenvalue weighted by Gasteiger charge is 2.09. The van der Waals surface area contributed by atoms with Crippen LogP contribution in [-0.4, -0.2) is 14.5 Å². The van der Waals surface area contributed by atoms with Crippen LogP contribution in [0, 0.1) is 0 Å². The molecule has 4 N–H and O–H groups in total. The molecule has 0 aliphatic carbocycles. The Morgan fingerprint density at radius 3 is 2.92 bits per heavy atom. The van der Waals surface area contributed by atoms with Gasteiger partial charge < -0.3 is 15.3 Å². The number of fused-ring (bicyclic) bond motifs is 1. The van der Waals surface area contributed by atoms with E-state index < -0.39 is 5.37 Å². The van der Waals surface area contributed by atoms with Gasteiger partial charge in [-0.05, 0) is 12.1 Å². The van der Waals surface area contributed by atoms with Gasteiger partial charge in [0.05, 0.1) is 11.0 Å². The maximum Gasteiger partial charge on any atom is 0.137 e. The van der Waals surface area contributed by atoms with Crippen molar-refractivity contribution in [3.8, 4) is 0 Å². The predicted octanol–water partition coefficient (Wildman–Crippen LogP) is 1.73. The van der Waals surface area contributed by atoms with Crippen molar-refractivity contribution >= 4 is 23.1 Å². The number of nitrogens with zero attached hydrogens (tertiary/aromatic N) is 1. The van der Waals surface area contributed by atoms with Crippen LogP contribution in [0.5, 0.6) is 0 Å². The first-order chi connectivity index (χ1) is 6.31. The lowest BCUT2D eigenvalue weighted by atomic mass is 10.3. The van der Waals surface area contributed by atoms with Gasteiger partial charge in [-0.15, -0.1) is 0 Å². The molecular weight excluding hydrogens is 186 g/mol. The van der Waals surface area contributed by atoms with Gasteiger partial charge >= 0.3 is 0 Å². The Balaban J connectivity index is 2.49. The first kappa shape index (κ1) is 8.55. The molecule has 1 aromatic carbocycles. The molecule has 1 unspecified atom stereocenters. The maximum atomic E-state index is 8.75. The molecule has 0 fully saturated rings. The summed E-state index contributed by atoms with van der Waals surface area (Å²) in [6.07, 6.45) is 0. The van der Waals surface area contributed by atoms with Crippen LogP contribution in [0.25, 0.3) is 11.0 Å². The summed E-state index contributed by atoms with van der Waals surface area (Å²) in [7, 11) is 0. The van der Waals surface area contributed by atoms with E-state index in [1.54, 1.807) is 0 Å². The Kier molecular flexibility index (Phi) is 2.22. The van der Waals surface area contributed by atoms with Crippen LogP contribution < -0.4 is 5.73 Å². The molecule has 0 aliphatic rings. The van der Waals surface area contributed by atoms with Gasteiger partial charge in [-0.25, -0.2) is 4.98 Å². The summed E-state index contributed by atoms with van der Waals surface area (Å²) in [5.41, 5.74) is 7.37. The van der Waals surface area contributed by atoms with Crippen LogP contribution in [0.4, 0.5) is 0 Å². The van der Waals surface area contributed by atoms with Crippen LogP contribution in [-0.2, 0) is 0 Å². The van der Waals surface area contributed by atoms with Gasteiger partial charge in [0.25, 0.3) is 0 Å². The monoisotopic (exact) mass is 195 g/mol. The Labute approximate surface area is 79.4 Å². The molecule has 0 spiro atoms. The van der Waals surface area contributed by atoms with Crippen molar-refractivity contribution in [2.45, 2.75) is 5.37 Å². The normalized spacial score (nSPS) is 13.4. The fourth-order valence-corrected chi connectivity index (χ4v) is 1.37. The molecule has 0 radical (unpaired) electrons. The highest BCUT2D eigenvalue weighted by Crippen LogP contribution is 2.20. The number of hydrogen-bond acceptors (Lipinski definition) is 4. The van der Waals surface area contributed by atoms with E-state index in [-0.39, 0.29) is 0 Å². The largest absolute Gasteiger partial charge is 0.340 e. The molecule has 0 bridgehead atoms. The number of imidazole rings is 1. The van der Waals surface area contributed by atoms with E-state index >= 15 is 0 Å². The number of aromatic nitrogens is 2. The van der Waals surface area contributed by atoms with Crippen LogP contribution in [0.1, 0.15) is 11.2 Å². The van der Waals surface area contributed by atoms with Gasteiger partial charge in [0.15, 0.2) is 0 Å². The first-order valence-electron chi connectivity index (χ1n) is 3.81. The van der Waals surface area contributed by atoms with Crippen molar-refractivity contribution in [3.63, 3.8) is 0 Å². The molecule has 13 heavy (non-hydrogen) atoms. The quantitative estimate of drug-likeness (QED) is 0.504. The zero-order valence-corrected chi connectivity index (χ0v) is 7.58. The van der Waals surface area contributed by atoms with Crippen LogP contribution in [0.2, 0.25) is 0 Å². The Morgan fingerprint density at radius 1 is 1.46 bits per heavy atom. The van der Waals surface area contributed by atoms with Crippen molar-refractivity contribution < 1.29 is 4.55 Å². The van der Waals surface area contributed by atoms with E-state index in [2.05, 4.69) is 9.97 Å². The number of benzene rings is 1. The summed E-state index contributed by atoms with van der Waals surface area (Å²) in [5.74, 6) is 0.591. The molecule has 0 saturated carbocycles. The maximum absolute atomic E-state index is 8.75. The minimum Gasteiger partial charge on any atom is -0.340 e. The summed E-state index contributed by atoms with van der Waals surface area (Å²) in [5, 5.41) is -0.507. The highest BCUT2D eigenvalue weighted by molar-refractivity contribution is 7.93. The van der Waals surface area contributed by atoms with Gasteiger partial charge in [-0.3, -0.25) is 0 Å². The van der Waals surface area contributed by atoms with E-state index in [1.807, 2.05) is 24.3 Å². The molecule has 5 heteroatoms. The summed E-state index contributed by atoms with van der Waals surface area (Å²) >= 11 is 0.577. The molecule has 2 rings (SSSR count). The standard InChI is InChI=1S/C8H9N3OS/c9-7(13-12)8-10-5-3-1-2-4-6(5)11-8/h1-4,7,12H,9H2,(H,10,11). The van der Waals surface area contributed by atoms with Crippen LogP contribution in [0.15, 0.2) is 24.3 Å². The average Bonchev–Trinajstić information content (AvgIpc) is 2.59. The van der Waals surface area contributed by atoms with Crippen molar-refractivity contribution in [2.75, 3.05) is 0 Å². The van der Waals surface area contributed by atoms with E-state index in [1.165, 1.54) is 0 Å². The first-order valence-corrected chi connectivity index (χ1v) is 4.65. The fourth-order valence-electron chi connectivity index (χ4n) is 1.16. The Hall–Kier alpha value is -1.04. The van der Waals surface area contributed by atoms with E-state index in [9.17, 15) is 0 Å². The van der Waals surface area contributed by atoms with Crippen molar-refractivity contribution in [2.24, 2.45) is 5.73 Å². The molecule has 1 aromatic heterocycles. The van der Waals surface area contributed by atoms with Gasteiger partial charge in [0.2, 0.25) is 0 Å². The third-order valence-electron chi connectivity index (χ3n) is 1.79. The molecule has 1 atom stereocenters. The second-order valence-corrected chi connectivity index (χ2v) is 3.38. The second-order valence-electron chi connectivity index (χ2n) is 2.67. The highest BCUT2D eigenvalue weighted by atomic mass is 32.2. The molecule has 1 heterocycles. The summed E-state index contributed by atoms with van der Waals surface area (Å²) in [4.78, 5) is 7.25. The zero-order chi connectivity index (χ0) is 9.26. The number of aromatic amines is 1. The lowest BCUT2D eigenvalue weighted by Crippen LogP contribution is -2.06. The van der Waals surface area contributed by atoms with Gasteiger partial charge in [0, 0.05) is 12.0 Å². The summed E-state index contributed by atoms with van der Waals surface area (Å²) in [6.45, 7) is 0. The lowest BCUT2D eigenvalue weighted by molar-refractivity contribution is 0.648. The van der Waals surface area contributed by atoms with E-state index in [0.29, 0.717) is 17.9 Å². The van der Waals surface area contributed by atoms with Crippen LogP contribution in [0.3, 0.4) is 0 Å². The average molecular weight is 195 g/mol. The molecule has 0 aliphatic heterocycles. The number of nitrogens with one attached hydrogen (secondary N) is 1. The summed E-state index contributed by atoms with van der Waals surface area (Å²) in [6, 6.07) is 7.64. The minimum absolute atomic E-state index is 0.507. The van der Waals surface area contributed by atoms with Crippen molar-refractivity contribution in [1.82, 2.24) is 9.97 Å². The molecule has 0 amide bonds. The zero-order valence-electron chi connectivity index (χ0n) is 6.77. The van der Waals surface area contributed by atoms with Crippen molar-refractivity contribution in [1.29, 1.82) is 0 Å². The van der Waals surface area contributed by atoms with Gasteiger partial charge in [0.1, 0.15) is 11.2 Å². The number of para-hydroxylation sites is 2. The van der Waals surface area contributed by atoms with Crippen LogP contribution >= 0.6 is 12.0 Å². The number of nitrogens with two attached hydrogens (primary N) is 1. The SMILES string of the molecule is NC(SO)c1nc2ccccc2[nH]1. The van der Waals surface area contributed by atoms with Crippen molar-refractivity contribution in [3.05, 3.63) is 30.1 Å². The number of H-pyrrole nitrogens is 1. The minimum atomic E-state index is -0.507. The third kappa shape index (κ3) is 1.53. The predicted molar refractivity (Wildman–Crippen MR) is 53.2 cm³/mol. The Morgan fingerprint density at radius 2 is 2.23 bits per heavy atom. The third-order valence-corrected chi connectivity index (χ3v) is 2.24. The molecular formula is C8H9N3OS. The molecule has 4 nitrogen and oxygen atoms in total. The number of rotatable bonds is 2. The van der Waals surface area contributed by atoms with Gasteiger partial charge in [-0.1, -0.05) is 12.1 Å². The summed E-state index contributed by atoms with van der Waals surface area (Å²) < 4.78 is 8.75. The lowest BCUT2D eigenvalue weighted by Gasteiger charge is -1.99. The van der Waals surface area contributed by atoms with E-state index in [0.717, 1.165) is 11.0 Å². The van der Waals surface area contributed by atoms with Gasteiger partial charge in [-0.2, -0.15) is 0 Å².